The normalized spacial score (nSPS) is 10.6. The predicted octanol–water partition coefficient (Wildman–Crippen LogP) is 3.75. The molecule has 0 saturated heterocycles. The molecule has 1 heterocycles. The molecule has 17 heavy (non-hydrogen) atoms. The molecule has 0 saturated carbocycles. The standard InChI is InChI=1S/C12H9BrClNO2/c1-6-3-4-8(13)10-7(6)5-9(12(16)17-2)15-11(10)14/h3-5H,1-2H3. The first-order valence-corrected chi connectivity index (χ1v) is 6.05. The Bertz CT molecular complexity index is 613. The fourth-order valence-electron chi connectivity index (χ4n) is 1.63. The zero-order valence-electron chi connectivity index (χ0n) is 9.25. The third-order valence-electron chi connectivity index (χ3n) is 2.51. The summed E-state index contributed by atoms with van der Waals surface area (Å²) in [5.41, 5.74) is 1.24. The topological polar surface area (TPSA) is 39.2 Å². The average Bonchev–Trinajstić information content (AvgIpc) is 2.32. The molecule has 2 aromatic rings. The minimum Gasteiger partial charge on any atom is -0.464 e. The molecule has 1 aromatic heterocycles. The van der Waals surface area contributed by atoms with Gasteiger partial charge in [-0.25, -0.2) is 9.78 Å². The number of fused-ring (bicyclic) bond motifs is 1. The molecule has 2 rings (SSSR count). The van der Waals surface area contributed by atoms with Gasteiger partial charge in [0.05, 0.1) is 7.11 Å². The number of benzene rings is 1. The van der Waals surface area contributed by atoms with Gasteiger partial charge in [-0.1, -0.05) is 33.6 Å². The first-order valence-electron chi connectivity index (χ1n) is 4.88. The summed E-state index contributed by atoms with van der Waals surface area (Å²) in [7, 11) is 1.32. The number of carbonyl (C=O) groups is 1. The molecule has 3 nitrogen and oxygen atoms in total. The molecule has 0 spiro atoms. The van der Waals surface area contributed by atoms with Crippen LogP contribution in [0.3, 0.4) is 0 Å². The maximum Gasteiger partial charge on any atom is 0.356 e. The molecule has 0 radical (unpaired) electrons. The van der Waals surface area contributed by atoms with Gasteiger partial charge >= 0.3 is 5.97 Å². The Morgan fingerprint density at radius 2 is 2.18 bits per heavy atom. The number of ether oxygens (including phenoxy) is 1. The molecule has 0 atom stereocenters. The van der Waals surface area contributed by atoms with Gasteiger partial charge < -0.3 is 4.74 Å². The molecular weight excluding hydrogens is 305 g/mol. The van der Waals surface area contributed by atoms with Gasteiger partial charge in [0.1, 0.15) is 5.15 Å². The lowest BCUT2D eigenvalue weighted by atomic mass is 10.1. The van der Waals surface area contributed by atoms with Crippen molar-refractivity contribution in [2.45, 2.75) is 6.92 Å². The second-order valence-electron chi connectivity index (χ2n) is 3.58. The van der Waals surface area contributed by atoms with Gasteiger partial charge in [-0.05, 0) is 30.0 Å². The number of hydrogen-bond donors (Lipinski definition) is 0. The Kier molecular flexibility index (Phi) is 3.35. The summed E-state index contributed by atoms with van der Waals surface area (Å²) in [4.78, 5) is 15.5. The number of aryl methyl sites for hydroxylation is 1. The molecule has 0 aliphatic heterocycles. The number of carbonyl (C=O) groups excluding carboxylic acids is 1. The van der Waals surface area contributed by atoms with Crippen molar-refractivity contribution in [2.75, 3.05) is 7.11 Å². The van der Waals surface area contributed by atoms with Crippen LogP contribution in [0, 0.1) is 6.92 Å². The average molecular weight is 315 g/mol. The number of rotatable bonds is 1. The Morgan fingerprint density at radius 1 is 1.47 bits per heavy atom. The largest absolute Gasteiger partial charge is 0.464 e. The van der Waals surface area contributed by atoms with Crippen LogP contribution >= 0.6 is 27.5 Å². The lowest BCUT2D eigenvalue weighted by molar-refractivity contribution is 0.0594. The highest BCUT2D eigenvalue weighted by molar-refractivity contribution is 9.10. The molecule has 0 aliphatic carbocycles. The summed E-state index contributed by atoms with van der Waals surface area (Å²) in [5, 5.41) is 1.98. The minimum absolute atomic E-state index is 0.214. The van der Waals surface area contributed by atoms with E-state index in [1.807, 2.05) is 19.1 Å². The molecule has 0 amide bonds. The van der Waals surface area contributed by atoms with Gasteiger partial charge in [-0.3, -0.25) is 0 Å². The van der Waals surface area contributed by atoms with E-state index in [0.29, 0.717) is 5.15 Å². The fourth-order valence-corrected chi connectivity index (χ4v) is 2.57. The van der Waals surface area contributed by atoms with Gasteiger partial charge in [-0.15, -0.1) is 0 Å². The van der Waals surface area contributed by atoms with Crippen molar-refractivity contribution in [1.82, 2.24) is 4.98 Å². The first-order chi connectivity index (χ1) is 8.04. The third-order valence-corrected chi connectivity index (χ3v) is 3.45. The van der Waals surface area contributed by atoms with E-state index in [2.05, 4.69) is 25.7 Å². The van der Waals surface area contributed by atoms with E-state index in [1.54, 1.807) is 6.07 Å². The lowest BCUT2D eigenvalue weighted by Gasteiger charge is -2.08. The first kappa shape index (κ1) is 12.3. The molecule has 88 valence electrons. The van der Waals surface area contributed by atoms with E-state index in [-0.39, 0.29) is 5.69 Å². The van der Waals surface area contributed by atoms with Crippen LogP contribution in [0.4, 0.5) is 0 Å². The summed E-state index contributed by atoms with van der Waals surface area (Å²) >= 11 is 9.51. The quantitative estimate of drug-likeness (QED) is 0.594. The number of methoxy groups -OCH3 is 1. The molecule has 0 unspecified atom stereocenters. The van der Waals surface area contributed by atoms with E-state index in [4.69, 9.17) is 11.6 Å². The van der Waals surface area contributed by atoms with E-state index >= 15 is 0 Å². The SMILES string of the molecule is COC(=O)c1cc2c(C)ccc(Br)c2c(Cl)n1. The third kappa shape index (κ3) is 2.15. The van der Waals surface area contributed by atoms with Crippen LogP contribution < -0.4 is 0 Å². The van der Waals surface area contributed by atoms with E-state index in [1.165, 1.54) is 7.11 Å². The summed E-state index contributed by atoms with van der Waals surface area (Å²) < 4.78 is 5.49. The van der Waals surface area contributed by atoms with Crippen LogP contribution in [0.15, 0.2) is 22.7 Å². The van der Waals surface area contributed by atoms with Crippen molar-refractivity contribution in [2.24, 2.45) is 0 Å². The number of pyridine rings is 1. The van der Waals surface area contributed by atoms with Gasteiger partial charge in [0, 0.05) is 9.86 Å². The summed E-state index contributed by atoms with van der Waals surface area (Å²) in [5.74, 6) is -0.492. The number of hydrogen-bond acceptors (Lipinski definition) is 3. The Hall–Kier alpha value is -1.13. The van der Waals surface area contributed by atoms with Crippen molar-refractivity contribution in [3.05, 3.63) is 39.1 Å². The second-order valence-corrected chi connectivity index (χ2v) is 4.79. The van der Waals surface area contributed by atoms with Crippen molar-refractivity contribution in [3.8, 4) is 0 Å². The van der Waals surface area contributed by atoms with Gasteiger partial charge in [0.2, 0.25) is 0 Å². The van der Waals surface area contributed by atoms with Crippen LogP contribution in [0.25, 0.3) is 10.8 Å². The van der Waals surface area contributed by atoms with Crippen LogP contribution in [0.5, 0.6) is 0 Å². The van der Waals surface area contributed by atoms with Crippen LogP contribution in [-0.2, 0) is 4.74 Å². The van der Waals surface area contributed by atoms with Gasteiger partial charge in [-0.2, -0.15) is 0 Å². The highest BCUT2D eigenvalue weighted by atomic mass is 79.9. The highest BCUT2D eigenvalue weighted by Gasteiger charge is 2.14. The van der Waals surface area contributed by atoms with Gasteiger partial charge in [0.25, 0.3) is 0 Å². The fraction of sp³-hybridized carbons (Fsp3) is 0.167. The van der Waals surface area contributed by atoms with Crippen LogP contribution in [0.2, 0.25) is 5.15 Å². The molecule has 0 aliphatic rings. The number of esters is 1. The Labute approximate surface area is 112 Å². The molecule has 5 heteroatoms. The monoisotopic (exact) mass is 313 g/mol. The molecule has 0 N–H and O–H groups in total. The lowest BCUT2D eigenvalue weighted by Crippen LogP contribution is -2.04. The van der Waals surface area contributed by atoms with E-state index < -0.39 is 5.97 Å². The van der Waals surface area contributed by atoms with Crippen molar-refractivity contribution < 1.29 is 9.53 Å². The Balaban J connectivity index is 2.82. The van der Waals surface area contributed by atoms with Crippen LogP contribution in [0.1, 0.15) is 16.1 Å². The Morgan fingerprint density at radius 3 is 2.82 bits per heavy atom. The van der Waals surface area contributed by atoms with E-state index in [0.717, 1.165) is 20.8 Å². The summed E-state index contributed by atoms with van der Waals surface area (Å²) in [6, 6.07) is 5.54. The van der Waals surface area contributed by atoms with E-state index in [9.17, 15) is 4.79 Å². The van der Waals surface area contributed by atoms with Crippen LogP contribution in [-0.4, -0.2) is 18.1 Å². The molecule has 1 aromatic carbocycles. The maximum atomic E-state index is 11.5. The number of halogens is 2. The summed E-state index contributed by atoms with van der Waals surface area (Å²) in [6.07, 6.45) is 0. The molecular formula is C12H9BrClNO2. The van der Waals surface area contributed by atoms with Crippen molar-refractivity contribution in [3.63, 3.8) is 0 Å². The zero-order chi connectivity index (χ0) is 12.6. The summed E-state index contributed by atoms with van der Waals surface area (Å²) in [6.45, 7) is 1.95. The van der Waals surface area contributed by atoms with Crippen molar-refractivity contribution in [1.29, 1.82) is 0 Å². The molecule has 0 fully saturated rings. The molecule has 0 bridgehead atoms. The maximum absolute atomic E-state index is 11.5. The minimum atomic E-state index is -0.492. The predicted molar refractivity (Wildman–Crippen MR) is 70.5 cm³/mol. The number of aromatic nitrogens is 1. The van der Waals surface area contributed by atoms with Gasteiger partial charge in [0.15, 0.2) is 5.69 Å². The second kappa shape index (κ2) is 4.63. The highest BCUT2D eigenvalue weighted by Crippen LogP contribution is 2.32. The zero-order valence-corrected chi connectivity index (χ0v) is 11.6. The van der Waals surface area contributed by atoms with Crippen molar-refractivity contribution >= 4 is 44.3 Å². The smallest absolute Gasteiger partial charge is 0.356 e. The number of nitrogens with zero attached hydrogens (tertiary/aromatic N) is 1.